The molecule has 0 spiro atoms. The topological polar surface area (TPSA) is 64.6 Å². The number of aliphatic hydroxyl groups is 1. The maximum absolute atomic E-state index is 13.6. The minimum atomic E-state index is -0.889. The van der Waals surface area contributed by atoms with Gasteiger partial charge in [-0.05, 0) is 44.9 Å². The number of likely N-dealkylation sites (tertiary alicyclic amines) is 1. The summed E-state index contributed by atoms with van der Waals surface area (Å²) in [5.41, 5.74) is 0.639. The number of halogens is 2. The molecule has 5 nitrogen and oxygen atoms in total. The number of carbonyl (C=O) groups excluding carboxylic acids is 1. The first-order chi connectivity index (χ1) is 11.3. The summed E-state index contributed by atoms with van der Waals surface area (Å²) in [6.45, 7) is 6.36. The van der Waals surface area contributed by atoms with Crippen LogP contribution < -0.4 is 10.6 Å². The molecule has 134 valence electrons. The van der Waals surface area contributed by atoms with Gasteiger partial charge in [-0.15, -0.1) is 0 Å². The van der Waals surface area contributed by atoms with Crippen molar-refractivity contribution in [3.05, 3.63) is 35.4 Å². The largest absolute Gasteiger partial charge is 0.394 e. The van der Waals surface area contributed by atoms with Crippen molar-refractivity contribution in [2.45, 2.75) is 51.4 Å². The highest BCUT2D eigenvalue weighted by Gasteiger charge is 2.37. The Hall–Kier alpha value is -1.73. The van der Waals surface area contributed by atoms with Gasteiger partial charge in [0.1, 0.15) is 0 Å². The molecule has 2 amide bonds. The number of urea groups is 1. The summed E-state index contributed by atoms with van der Waals surface area (Å²) in [5.74, 6) is -1.77. The quantitative estimate of drug-likeness (QED) is 0.769. The standard InChI is InChI=1S/C17H25F2N3O2/c1-10(2)22-7-6-15(21-17(24)20-11(3)9-23)16(22)12-4-5-13(18)14(19)8-12/h4-5,8,10-11,15-16,23H,6-7,9H2,1-3H3,(H2,20,21,24)/t11-,15?,16?/m0/s1. The van der Waals surface area contributed by atoms with E-state index in [1.807, 2.05) is 13.8 Å². The summed E-state index contributed by atoms with van der Waals surface area (Å²) in [5, 5.41) is 14.6. The van der Waals surface area contributed by atoms with Crippen molar-refractivity contribution >= 4 is 6.03 Å². The second-order valence-corrected chi connectivity index (χ2v) is 6.55. The lowest BCUT2D eigenvalue weighted by Crippen LogP contribution is -2.48. The molecule has 7 heteroatoms. The summed E-state index contributed by atoms with van der Waals surface area (Å²) in [6.07, 6.45) is 0.711. The van der Waals surface area contributed by atoms with E-state index in [9.17, 15) is 13.6 Å². The summed E-state index contributed by atoms with van der Waals surface area (Å²) < 4.78 is 26.9. The van der Waals surface area contributed by atoms with Crippen molar-refractivity contribution < 1.29 is 18.7 Å². The second kappa shape index (κ2) is 7.90. The molecule has 3 atom stereocenters. The average molecular weight is 341 g/mol. The van der Waals surface area contributed by atoms with Crippen molar-refractivity contribution in [1.82, 2.24) is 15.5 Å². The third kappa shape index (κ3) is 4.21. The number of benzene rings is 1. The van der Waals surface area contributed by atoms with E-state index in [1.165, 1.54) is 6.07 Å². The Morgan fingerprint density at radius 2 is 2.04 bits per heavy atom. The van der Waals surface area contributed by atoms with Gasteiger partial charge in [0.25, 0.3) is 0 Å². The van der Waals surface area contributed by atoms with E-state index < -0.39 is 11.6 Å². The SMILES string of the molecule is CC(C)N1CCC(NC(=O)N[C@@H](C)CO)C1c1ccc(F)c(F)c1. The van der Waals surface area contributed by atoms with Crippen LogP contribution in [0.2, 0.25) is 0 Å². The van der Waals surface area contributed by atoms with E-state index in [-0.39, 0.29) is 36.8 Å². The molecule has 1 heterocycles. The Morgan fingerprint density at radius 1 is 1.33 bits per heavy atom. The summed E-state index contributed by atoms with van der Waals surface area (Å²) >= 11 is 0. The number of rotatable bonds is 5. The normalized spacial score (nSPS) is 22.6. The monoisotopic (exact) mass is 341 g/mol. The predicted octanol–water partition coefficient (Wildman–Crippen LogP) is 2.17. The molecule has 1 aliphatic rings. The number of aliphatic hydroxyl groups excluding tert-OH is 1. The number of carbonyl (C=O) groups is 1. The fourth-order valence-electron chi connectivity index (χ4n) is 3.15. The Bertz CT molecular complexity index is 583. The molecule has 1 fully saturated rings. The fraction of sp³-hybridized carbons (Fsp3) is 0.588. The maximum atomic E-state index is 13.6. The Balaban J connectivity index is 2.20. The lowest BCUT2D eigenvalue weighted by atomic mass is 9.99. The van der Waals surface area contributed by atoms with E-state index in [1.54, 1.807) is 13.0 Å². The van der Waals surface area contributed by atoms with Crippen LogP contribution in [-0.2, 0) is 0 Å². The maximum Gasteiger partial charge on any atom is 0.315 e. The van der Waals surface area contributed by atoms with E-state index >= 15 is 0 Å². The van der Waals surface area contributed by atoms with E-state index in [0.717, 1.165) is 12.6 Å². The van der Waals surface area contributed by atoms with E-state index in [4.69, 9.17) is 5.11 Å². The van der Waals surface area contributed by atoms with Crippen molar-refractivity contribution in [1.29, 1.82) is 0 Å². The van der Waals surface area contributed by atoms with Crippen LogP contribution in [0.4, 0.5) is 13.6 Å². The van der Waals surface area contributed by atoms with Crippen molar-refractivity contribution in [2.24, 2.45) is 0 Å². The van der Waals surface area contributed by atoms with Crippen molar-refractivity contribution in [3.8, 4) is 0 Å². The van der Waals surface area contributed by atoms with Gasteiger partial charge in [-0.1, -0.05) is 6.07 Å². The van der Waals surface area contributed by atoms with Crippen LogP contribution in [0.3, 0.4) is 0 Å². The second-order valence-electron chi connectivity index (χ2n) is 6.55. The first-order valence-electron chi connectivity index (χ1n) is 8.22. The molecule has 3 N–H and O–H groups in total. The van der Waals surface area contributed by atoms with E-state index in [2.05, 4.69) is 15.5 Å². The first-order valence-corrected chi connectivity index (χ1v) is 8.22. The smallest absolute Gasteiger partial charge is 0.315 e. The molecule has 0 aliphatic carbocycles. The zero-order valence-corrected chi connectivity index (χ0v) is 14.2. The van der Waals surface area contributed by atoms with Crippen LogP contribution in [0.1, 0.15) is 38.8 Å². The number of nitrogens with zero attached hydrogens (tertiary/aromatic N) is 1. The Morgan fingerprint density at radius 3 is 2.62 bits per heavy atom. The molecule has 0 aromatic heterocycles. The molecule has 1 aromatic rings. The molecule has 1 aliphatic heterocycles. The molecule has 0 bridgehead atoms. The fourth-order valence-corrected chi connectivity index (χ4v) is 3.15. The number of nitrogens with one attached hydrogen (secondary N) is 2. The molecule has 0 radical (unpaired) electrons. The van der Waals surface area contributed by atoms with Crippen LogP contribution in [0, 0.1) is 11.6 Å². The Labute approximate surface area is 141 Å². The van der Waals surface area contributed by atoms with Gasteiger partial charge < -0.3 is 15.7 Å². The third-order valence-corrected chi connectivity index (χ3v) is 4.35. The molecule has 24 heavy (non-hydrogen) atoms. The predicted molar refractivity (Wildman–Crippen MR) is 87.6 cm³/mol. The summed E-state index contributed by atoms with van der Waals surface area (Å²) in [7, 11) is 0. The van der Waals surface area contributed by atoms with Crippen LogP contribution in [-0.4, -0.2) is 47.3 Å². The first kappa shape index (κ1) is 18.6. The molecule has 0 saturated carbocycles. The van der Waals surface area contributed by atoms with Crippen molar-refractivity contribution in [3.63, 3.8) is 0 Å². The highest BCUT2D eigenvalue weighted by Crippen LogP contribution is 2.34. The molecule has 2 unspecified atom stereocenters. The summed E-state index contributed by atoms with van der Waals surface area (Å²) in [6, 6.07) is 2.91. The van der Waals surface area contributed by atoms with Crippen LogP contribution in [0.25, 0.3) is 0 Å². The minimum Gasteiger partial charge on any atom is -0.394 e. The molecular formula is C17H25F2N3O2. The highest BCUT2D eigenvalue weighted by atomic mass is 19.2. The molecule has 2 rings (SSSR count). The van der Waals surface area contributed by atoms with Gasteiger partial charge in [0, 0.05) is 12.6 Å². The highest BCUT2D eigenvalue weighted by molar-refractivity contribution is 5.74. The van der Waals surface area contributed by atoms with Gasteiger partial charge in [-0.3, -0.25) is 4.90 Å². The summed E-state index contributed by atoms with van der Waals surface area (Å²) in [4.78, 5) is 14.2. The van der Waals surface area contributed by atoms with Gasteiger partial charge in [0.2, 0.25) is 0 Å². The van der Waals surface area contributed by atoms with Crippen molar-refractivity contribution in [2.75, 3.05) is 13.2 Å². The average Bonchev–Trinajstić information content (AvgIpc) is 2.93. The number of hydrogen-bond donors (Lipinski definition) is 3. The van der Waals surface area contributed by atoms with Gasteiger partial charge in [0.15, 0.2) is 11.6 Å². The number of hydrogen-bond acceptors (Lipinski definition) is 3. The zero-order valence-electron chi connectivity index (χ0n) is 14.2. The van der Waals surface area contributed by atoms with Crippen LogP contribution in [0.15, 0.2) is 18.2 Å². The molecule has 1 saturated heterocycles. The third-order valence-electron chi connectivity index (χ3n) is 4.35. The minimum absolute atomic E-state index is 0.150. The molecular weight excluding hydrogens is 316 g/mol. The number of amides is 2. The van der Waals surface area contributed by atoms with Crippen LogP contribution in [0.5, 0.6) is 0 Å². The van der Waals surface area contributed by atoms with Crippen LogP contribution >= 0.6 is 0 Å². The van der Waals surface area contributed by atoms with Gasteiger partial charge in [0.05, 0.1) is 24.7 Å². The van der Waals surface area contributed by atoms with E-state index in [0.29, 0.717) is 12.0 Å². The lowest BCUT2D eigenvalue weighted by molar-refractivity contribution is 0.185. The molecule has 1 aromatic carbocycles. The van der Waals surface area contributed by atoms with Gasteiger partial charge in [-0.25, -0.2) is 13.6 Å². The zero-order chi connectivity index (χ0) is 17.9. The van der Waals surface area contributed by atoms with Gasteiger partial charge >= 0.3 is 6.03 Å². The Kier molecular flexibility index (Phi) is 6.12. The van der Waals surface area contributed by atoms with Gasteiger partial charge in [-0.2, -0.15) is 0 Å². The lowest BCUT2D eigenvalue weighted by Gasteiger charge is -2.32.